The van der Waals surface area contributed by atoms with Crippen LogP contribution in [0.5, 0.6) is 0 Å². The Morgan fingerprint density at radius 2 is 1.82 bits per heavy atom. The van der Waals surface area contributed by atoms with E-state index in [0.29, 0.717) is 22.0 Å². The van der Waals surface area contributed by atoms with Crippen molar-refractivity contribution in [2.45, 2.75) is 20.8 Å². The maximum Gasteiger partial charge on any atom is 0.257 e. The number of carbonyl (C=O) groups is 1. The van der Waals surface area contributed by atoms with Crippen LogP contribution in [0.1, 0.15) is 27.4 Å². The maximum atomic E-state index is 13.0. The minimum atomic E-state index is -0.221. The van der Waals surface area contributed by atoms with Crippen LogP contribution in [0.4, 0.5) is 5.69 Å². The molecule has 0 aliphatic rings. The molecule has 1 N–H and O–H groups in total. The molecule has 4 rings (SSSR count). The summed E-state index contributed by atoms with van der Waals surface area (Å²) >= 11 is 6.09. The van der Waals surface area contributed by atoms with Gasteiger partial charge in [0.1, 0.15) is 0 Å². The van der Waals surface area contributed by atoms with Crippen LogP contribution >= 0.6 is 11.6 Å². The van der Waals surface area contributed by atoms with Gasteiger partial charge in [-0.3, -0.25) is 9.78 Å². The smallest absolute Gasteiger partial charge is 0.257 e. The van der Waals surface area contributed by atoms with Gasteiger partial charge in [-0.1, -0.05) is 23.7 Å². The molecule has 0 radical (unpaired) electrons. The van der Waals surface area contributed by atoms with E-state index in [4.69, 9.17) is 11.6 Å². The fraction of sp³-hybridized carbons (Fsp3) is 0.136. The molecule has 0 aliphatic heterocycles. The lowest BCUT2D eigenvalue weighted by Gasteiger charge is -2.13. The number of hydrogen-bond acceptors (Lipinski definition) is 3. The molecule has 28 heavy (non-hydrogen) atoms. The second kappa shape index (κ2) is 7.09. The van der Waals surface area contributed by atoms with Crippen LogP contribution in [-0.4, -0.2) is 20.7 Å². The van der Waals surface area contributed by atoms with Crippen molar-refractivity contribution in [2.75, 3.05) is 5.32 Å². The number of rotatable bonds is 3. The number of aromatic nitrogens is 3. The molecule has 0 unspecified atom stereocenters. The number of nitrogens with one attached hydrogen (secondary N) is 1. The van der Waals surface area contributed by atoms with Crippen LogP contribution in [0, 0.1) is 20.8 Å². The van der Waals surface area contributed by atoms with E-state index in [1.807, 2.05) is 74.0 Å². The van der Waals surface area contributed by atoms with Crippen molar-refractivity contribution in [1.82, 2.24) is 14.8 Å². The Hall–Kier alpha value is -3.18. The van der Waals surface area contributed by atoms with Crippen molar-refractivity contribution in [3.05, 3.63) is 82.3 Å². The molecule has 2 heterocycles. The maximum absolute atomic E-state index is 13.0. The van der Waals surface area contributed by atoms with Gasteiger partial charge in [0.2, 0.25) is 0 Å². The Kier molecular flexibility index (Phi) is 4.61. The number of hydrogen-bond donors (Lipinski definition) is 1. The highest BCUT2D eigenvalue weighted by Gasteiger charge is 2.15. The number of para-hydroxylation sites is 2. The molecule has 0 bridgehead atoms. The van der Waals surface area contributed by atoms with Gasteiger partial charge in [-0.25, -0.2) is 4.68 Å². The number of carbonyl (C=O) groups excluding carboxylic acids is 1. The summed E-state index contributed by atoms with van der Waals surface area (Å²) < 4.78 is 1.83. The van der Waals surface area contributed by atoms with Gasteiger partial charge in [-0.15, -0.1) is 0 Å². The molecule has 1 amide bonds. The lowest BCUT2D eigenvalue weighted by Crippen LogP contribution is -2.16. The third kappa shape index (κ3) is 3.37. The molecule has 0 atom stereocenters. The summed E-state index contributed by atoms with van der Waals surface area (Å²) in [6.07, 6.45) is 0. The number of benzene rings is 2. The summed E-state index contributed by atoms with van der Waals surface area (Å²) in [6, 6.07) is 16.9. The summed E-state index contributed by atoms with van der Waals surface area (Å²) in [6.45, 7) is 5.76. The summed E-state index contributed by atoms with van der Waals surface area (Å²) in [4.78, 5) is 17.6. The number of amides is 1. The molecule has 0 saturated carbocycles. The van der Waals surface area contributed by atoms with E-state index in [0.717, 1.165) is 28.0 Å². The Morgan fingerprint density at radius 3 is 2.57 bits per heavy atom. The summed E-state index contributed by atoms with van der Waals surface area (Å²) in [7, 11) is 0. The second-order valence-electron chi connectivity index (χ2n) is 6.77. The largest absolute Gasteiger partial charge is 0.320 e. The monoisotopic (exact) mass is 390 g/mol. The third-order valence-electron chi connectivity index (χ3n) is 4.60. The first-order valence-corrected chi connectivity index (χ1v) is 9.31. The second-order valence-corrected chi connectivity index (χ2v) is 7.20. The number of nitrogens with zero attached hydrogens (tertiary/aromatic N) is 3. The summed E-state index contributed by atoms with van der Waals surface area (Å²) in [5, 5.41) is 8.98. The third-order valence-corrected chi connectivity index (χ3v) is 4.84. The fourth-order valence-corrected chi connectivity index (χ4v) is 3.48. The zero-order valence-electron chi connectivity index (χ0n) is 15.8. The van der Waals surface area contributed by atoms with E-state index >= 15 is 0 Å². The van der Waals surface area contributed by atoms with E-state index in [-0.39, 0.29) is 5.91 Å². The first-order chi connectivity index (χ1) is 13.4. The first kappa shape index (κ1) is 18.2. The highest BCUT2D eigenvalue weighted by molar-refractivity contribution is 6.31. The van der Waals surface area contributed by atoms with Gasteiger partial charge in [0.05, 0.1) is 33.8 Å². The number of halogens is 1. The van der Waals surface area contributed by atoms with Crippen molar-refractivity contribution < 1.29 is 4.79 Å². The van der Waals surface area contributed by atoms with Gasteiger partial charge in [0.25, 0.3) is 5.91 Å². The lowest BCUT2D eigenvalue weighted by atomic mass is 10.1. The molecule has 5 nitrogen and oxygen atoms in total. The normalized spacial score (nSPS) is 11.0. The van der Waals surface area contributed by atoms with Crippen LogP contribution < -0.4 is 5.32 Å². The lowest BCUT2D eigenvalue weighted by molar-refractivity contribution is 0.102. The van der Waals surface area contributed by atoms with Crippen LogP contribution in [0.3, 0.4) is 0 Å². The first-order valence-electron chi connectivity index (χ1n) is 8.93. The molecule has 2 aromatic carbocycles. The summed E-state index contributed by atoms with van der Waals surface area (Å²) in [5.41, 5.74) is 5.40. The molecular formula is C22H19ClN4O. The molecular weight excluding hydrogens is 372 g/mol. The van der Waals surface area contributed by atoms with E-state index in [1.54, 1.807) is 6.07 Å². The zero-order valence-corrected chi connectivity index (χ0v) is 16.6. The Bertz CT molecular complexity index is 1210. The molecule has 4 aromatic rings. The molecule has 6 heteroatoms. The van der Waals surface area contributed by atoms with Gasteiger partial charge in [0, 0.05) is 16.1 Å². The molecule has 0 fully saturated rings. The predicted octanol–water partition coefficient (Wildman–Crippen LogP) is 5.25. The molecule has 140 valence electrons. The number of pyridine rings is 1. The highest BCUT2D eigenvalue weighted by Crippen LogP contribution is 2.24. The van der Waals surface area contributed by atoms with Crippen molar-refractivity contribution in [3.63, 3.8) is 0 Å². The van der Waals surface area contributed by atoms with Gasteiger partial charge in [-0.2, -0.15) is 5.10 Å². The van der Waals surface area contributed by atoms with E-state index in [9.17, 15) is 4.79 Å². The standard InChI is InChI=1S/C22H19ClN4O/c1-13-10-14(2)27(26-13)21-7-5-4-6-20(21)25-22(28)18-12-16-11-17(23)8-9-19(16)24-15(18)3/h4-12H,1-3H3,(H,25,28). The fourth-order valence-electron chi connectivity index (χ4n) is 3.30. The van der Waals surface area contributed by atoms with E-state index < -0.39 is 0 Å². The van der Waals surface area contributed by atoms with Crippen LogP contribution in [0.25, 0.3) is 16.6 Å². The van der Waals surface area contributed by atoms with Crippen LogP contribution in [-0.2, 0) is 0 Å². The number of anilines is 1. The van der Waals surface area contributed by atoms with Gasteiger partial charge in [-0.05, 0) is 63.2 Å². The van der Waals surface area contributed by atoms with Crippen molar-refractivity contribution in [2.24, 2.45) is 0 Å². The molecule has 0 spiro atoms. The Labute approximate surface area is 168 Å². The topological polar surface area (TPSA) is 59.8 Å². The Balaban J connectivity index is 1.73. The van der Waals surface area contributed by atoms with Crippen molar-refractivity contribution in [1.29, 1.82) is 0 Å². The van der Waals surface area contributed by atoms with Crippen LogP contribution in [0.15, 0.2) is 54.6 Å². The molecule has 0 saturated heterocycles. The van der Waals surface area contributed by atoms with Gasteiger partial charge in [0.15, 0.2) is 0 Å². The van der Waals surface area contributed by atoms with Crippen LogP contribution in [0.2, 0.25) is 5.02 Å². The Morgan fingerprint density at radius 1 is 1.04 bits per heavy atom. The predicted molar refractivity (Wildman–Crippen MR) is 112 cm³/mol. The minimum Gasteiger partial charge on any atom is -0.320 e. The van der Waals surface area contributed by atoms with E-state index in [2.05, 4.69) is 15.4 Å². The zero-order chi connectivity index (χ0) is 19.8. The summed E-state index contributed by atoms with van der Waals surface area (Å²) in [5.74, 6) is -0.221. The van der Waals surface area contributed by atoms with Gasteiger partial charge >= 0.3 is 0 Å². The number of aryl methyl sites for hydroxylation is 3. The molecule has 2 aromatic heterocycles. The average molecular weight is 391 g/mol. The van der Waals surface area contributed by atoms with E-state index in [1.165, 1.54) is 0 Å². The highest BCUT2D eigenvalue weighted by atomic mass is 35.5. The number of fused-ring (bicyclic) bond motifs is 1. The average Bonchev–Trinajstić information content (AvgIpc) is 3.00. The van der Waals surface area contributed by atoms with Crippen molar-refractivity contribution in [3.8, 4) is 5.69 Å². The van der Waals surface area contributed by atoms with Crippen molar-refractivity contribution >= 4 is 34.1 Å². The quantitative estimate of drug-likeness (QED) is 0.519. The van der Waals surface area contributed by atoms with Gasteiger partial charge < -0.3 is 5.32 Å². The molecule has 0 aliphatic carbocycles. The SMILES string of the molecule is Cc1cc(C)n(-c2ccccc2NC(=O)c2cc3cc(Cl)ccc3nc2C)n1. The minimum absolute atomic E-state index is 0.221.